The van der Waals surface area contributed by atoms with Gasteiger partial charge in [-0.05, 0) is 19.1 Å². The molecule has 0 spiro atoms. The van der Waals surface area contributed by atoms with E-state index in [1.807, 2.05) is 0 Å². The molecule has 1 heterocycles. The summed E-state index contributed by atoms with van der Waals surface area (Å²) in [6.07, 6.45) is -0.561. The van der Waals surface area contributed by atoms with Crippen molar-refractivity contribution in [3.63, 3.8) is 0 Å². The van der Waals surface area contributed by atoms with Gasteiger partial charge in [-0.25, -0.2) is 4.79 Å². The fourth-order valence-corrected chi connectivity index (χ4v) is 2.34. The van der Waals surface area contributed by atoms with E-state index in [-0.39, 0.29) is 18.8 Å². The van der Waals surface area contributed by atoms with Gasteiger partial charge in [-0.15, -0.1) is 0 Å². The van der Waals surface area contributed by atoms with Crippen molar-refractivity contribution in [2.24, 2.45) is 0 Å². The zero-order chi connectivity index (χ0) is 17.0. The van der Waals surface area contributed by atoms with Crippen LogP contribution in [0.3, 0.4) is 0 Å². The normalized spacial score (nSPS) is 11.1. The second-order valence-electron chi connectivity index (χ2n) is 4.76. The lowest BCUT2D eigenvalue weighted by Gasteiger charge is -2.17. The SMILES string of the molecule is CCOC(=O)c1cc2cc([N+](=O)[O-])ccc2n1CC(OC)OC. The summed E-state index contributed by atoms with van der Waals surface area (Å²) < 4.78 is 17.1. The van der Waals surface area contributed by atoms with Crippen molar-refractivity contribution < 1.29 is 23.9 Å². The average molecular weight is 322 g/mol. The number of hydrogen-bond acceptors (Lipinski definition) is 6. The number of methoxy groups -OCH3 is 2. The number of ether oxygens (including phenoxy) is 3. The molecule has 8 heteroatoms. The number of nitro benzene ring substituents is 1. The minimum absolute atomic E-state index is 0.0416. The first-order chi connectivity index (χ1) is 11.0. The van der Waals surface area contributed by atoms with Crippen LogP contribution < -0.4 is 0 Å². The molecule has 0 saturated carbocycles. The Balaban J connectivity index is 2.56. The molecule has 8 nitrogen and oxygen atoms in total. The maximum absolute atomic E-state index is 12.2. The van der Waals surface area contributed by atoms with E-state index in [0.717, 1.165) is 0 Å². The van der Waals surface area contributed by atoms with E-state index in [1.54, 1.807) is 23.6 Å². The average Bonchev–Trinajstić information content (AvgIpc) is 2.90. The molecule has 0 aliphatic carbocycles. The van der Waals surface area contributed by atoms with Crippen LogP contribution in [0.4, 0.5) is 5.69 Å². The van der Waals surface area contributed by atoms with E-state index >= 15 is 0 Å². The molecule has 0 fully saturated rings. The van der Waals surface area contributed by atoms with Crippen LogP contribution >= 0.6 is 0 Å². The fourth-order valence-electron chi connectivity index (χ4n) is 2.34. The highest BCUT2D eigenvalue weighted by Crippen LogP contribution is 2.26. The van der Waals surface area contributed by atoms with Crippen LogP contribution in [0.15, 0.2) is 24.3 Å². The molecule has 1 aromatic carbocycles. The molecule has 0 aliphatic heterocycles. The summed E-state index contributed by atoms with van der Waals surface area (Å²) in [5, 5.41) is 11.5. The molecule has 1 aromatic heterocycles. The van der Waals surface area contributed by atoms with Crippen LogP contribution in [0.25, 0.3) is 10.9 Å². The quantitative estimate of drug-likeness (QED) is 0.336. The Morgan fingerprint density at radius 3 is 2.57 bits per heavy atom. The van der Waals surface area contributed by atoms with Gasteiger partial charge in [-0.2, -0.15) is 0 Å². The van der Waals surface area contributed by atoms with Crippen LogP contribution in [0, 0.1) is 10.1 Å². The summed E-state index contributed by atoms with van der Waals surface area (Å²) in [5.74, 6) is -0.502. The van der Waals surface area contributed by atoms with Gasteiger partial charge in [0.25, 0.3) is 5.69 Å². The van der Waals surface area contributed by atoms with E-state index in [4.69, 9.17) is 14.2 Å². The van der Waals surface area contributed by atoms with Gasteiger partial charge in [0, 0.05) is 37.3 Å². The molecule has 2 rings (SSSR count). The van der Waals surface area contributed by atoms with E-state index in [1.165, 1.54) is 26.4 Å². The maximum atomic E-state index is 12.2. The molecule has 0 radical (unpaired) electrons. The Hall–Kier alpha value is -2.45. The number of esters is 1. The highest BCUT2D eigenvalue weighted by Gasteiger charge is 2.21. The molecule has 0 amide bonds. The van der Waals surface area contributed by atoms with Crippen molar-refractivity contribution in [1.29, 1.82) is 0 Å². The number of carbonyl (C=O) groups is 1. The highest BCUT2D eigenvalue weighted by molar-refractivity contribution is 5.96. The smallest absolute Gasteiger partial charge is 0.354 e. The third-order valence-corrected chi connectivity index (χ3v) is 3.44. The fraction of sp³-hybridized carbons (Fsp3) is 0.400. The number of hydrogen-bond donors (Lipinski definition) is 0. The molecule has 0 aliphatic rings. The largest absolute Gasteiger partial charge is 0.461 e. The first kappa shape index (κ1) is 16.9. The van der Waals surface area contributed by atoms with Crippen LogP contribution in [0.2, 0.25) is 0 Å². The summed E-state index contributed by atoms with van der Waals surface area (Å²) in [6.45, 7) is 2.20. The van der Waals surface area contributed by atoms with Gasteiger partial charge in [0.05, 0.1) is 18.1 Å². The Bertz CT molecular complexity index is 720. The monoisotopic (exact) mass is 322 g/mol. The molecular weight excluding hydrogens is 304 g/mol. The molecule has 0 unspecified atom stereocenters. The van der Waals surface area contributed by atoms with Crippen molar-refractivity contribution in [2.45, 2.75) is 19.8 Å². The lowest BCUT2D eigenvalue weighted by atomic mass is 10.2. The minimum Gasteiger partial charge on any atom is -0.461 e. The van der Waals surface area contributed by atoms with Gasteiger partial charge in [0.2, 0.25) is 0 Å². The molecule has 2 aromatic rings. The molecule has 23 heavy (non-hydrogen) atoms. The van der Waals surface area contributed by atoms with E-state index < -0.39 is 17.2 Å². The molecule has 0 saturated heterocycles. The van der Waals surface area contributed by atoms with Crippen molar-refractivity contribution in [1.82, 2.24) is 4.57 Å². The second kappa shape index (κ2) is 7.21. The Kier molecular flexibility index (Phi) is 5.30. The maximum Gasteiger partial charge on any atom is 0.354 e. The van der Waals surface area contributed by atoms with Crippen molar-refractivity contribution in [3.05, 3.63) is 40.1 Å². The number of rotatable bonds is 7. The third kappa shape index (κ3) is 3.49. The van der Waals surface area contributed by atoms with Gasteiger partial charge < -0.3 is 18.8 Å². The zero-order valence-electron chi connectivity index (χ0n) is 13.1. The van der Waals surface area contributed by atoms with Crippen LogP contribution in [0.1, 0.15) is 17.4 Å². The number of nitrogens with zero attached hydrogens (tertiary/aromatic N) is 2. The standard InChI is InChI=1S/C15H18N2O6/c1-4-23-15(18)13-8-10-7-11(17(19)20)5-6-12(10)16(13)9-14(21-2)22-3/h5-8,14H,4,9H2,1-3H3. The molecule has 0 atom stereocenters. The van der Waals surface area contributed by atoms with Crippen LogP contribution in [-0.4, -0.2) is 42.6 Å². The predicted molar refractivity (Wildman–Crippen MR) is 82.4 cm³/mol. The lowest BCUT2D eigenvalue weighted by molar-refractivity contribution is -0.384. The molecular formula is C15H18N2O6. The second-order valence-corrected chi connectivity index (χ2v) is 4.76. The molecule has 0 N–H and O–H groups in total. The minimum atomic E-state index is -0.561. The third-order valence-electron chi connectivity index (χ3n) is 3.44. The van der Waals surface area contributed by atoms with Gasteiger partial charge >= 0.3 is 5.97 Å². The van der Waals surface area contributed by atoms with Gasteiger partial charge in [-0.3, -0.25) is 10.1 Å². The zero-order valence-corrected chi connectivity index (χ0v) is 13.1. The van der Waals surface area contributed by atoms with Crippen molar-refractivity contribution in [2.75, 3.05) is 20.8 Å². The highest BCUT2D eigenvalue weighted by atomic mass is 16.7. The van der Waals surface area contributed by atoms with Crippen molar-refractivity contribution in [3.8, 4) is 0 Å². The first-order valence-electron chi connectivity index (χ1n) is 7.02. The van der Waals surface area contributed by atoms with E-state index in [2.05, 4.69) is 0 Å². The van der Waals surface area contributed by atoms with Crippen LogP contribution in [-0.2, 0) is 20.8 Å². The number of carbonyl (C=O) groups excluding carboxylic acids is 1. The summed E-state index contributed by atoms with van der Waals surface area (Å²) in [5.41, 5.74) is 0.916. The van der Waals surface area contributed by atoms with Gasteiger partial charge in [0.15, 0.2) is 6.29 Å². The predicted octanol–water partition coefficient (Wildman–Crippen LogP) is 2.35. The van der Waals surface area contributed by atoms with E-state index in [0.29, 0.717) is 16.6 Å². The Labute approximate surface area is 132 Å². The molecule has 0 bridgehead atoms. The number of nitro groups is 1. The number of non-ortho nitro benzene ring substituents is 1. The topological polar surface area (TPSA) is 92.8 Å². The van der Waals surface area contributed by atoms with Crippen molar-refractivity contribution >= 4 is 22.6 Å². The summed E-state index contributed by atoms with van der Waals surface area (Å²) >= 11 is 0. The van der Waals surface area contributed by atoms with Crippen LogP contribution in [0.5, 0.6) is 0 Å². The Morgan fingerprint density at radius 1 is 1.30 bits per heavy atom. The Morgan fingerprint density at radius 2 is 2.00 bits per heavy atom. The number of benzene rings is 1. The number of aromatic nitrogens is 1. The number of fused-ring (bicyclic) bond motifs is 1. The van der Waals surface area contributed by atoms with E-state index in [9.17, 15) is 14.9 Å². The summed E-state index contributed by atoms with van der Waals surface area (Å²) in [7, 11) is 2.99. The van der Waals surface area contributed by atoms with Gasteiger partial charge in [-0.1, -0.05) is 0 Å². The van der Waals surface area contributed by atoms with Gasteiger partial charge in [0.1, 0.15) is 5.69 Å². The summed E-state index contributed by atoms with van der Waals surface area (Å²) in [4.78, 5) is 22.6. The lowest BCUT2D eigenvalue weighted by Crippen LogP contribution is -2.23. The first-order valence-corrected chi connectivity index (χ1v) is 7.02. The summed E-state index contributed by atoms with van der Waals surface area (Å²) in [6, 6.07) is 5.98. The molecule has 124 valence electrons.